The number of aromatic nitrogens is 3. The van der Waals surface area contributed by atoms with Gasteiger partial charge >= 0.3 is 0 Å². The normalized spacial score (nSPS) is 11.1. The van der Waals surface area contributed by atoms with Gasteiger partial charge in [-0.05, 0) is 18.2 Å². The number of nitrogen functional groups attached to an aromatic ring is 1. The van der Waals surface area contributed by atoms with Crippen LogP contribution in [-0.2, 0) is 0 Å². The van der Waals surface area contributed by atoms with Gasteiger partial charge in [-0.25, -0.2) is 4.98 Å². The lowest BCUT2D eigenvalue weighted by molar-refractivity contribution is 1.19. The molecule has 0 bridgehead atoms. The van der Waals surface area contributed by atoms with Crippen LogP contribution < -0.4 is 5.73 Å². The van der Waals surface area contributed by atoms with Crippen LogP contribution in [-0.4, -0.2) is 14.4 Å². The van der Waals surface area contributed by atoms with Crippen LogP contribution in [0, 0.1) is 0 Å². The highest BCUT2D eigenvalue weighted by molar-refractivity contribution is 5.80. The van der Waals surface area contributed by atoms with Gasteiger partial charge in [-0.15, -0.1) is 0 Å². The third kappa shape index (κ3) is 0.877. The molecule has 0 amide bonds. The molecule has 0 saturated carbocycles. The Balaban J connectivity index is 2.57. The predicted molar refractivity (Wildman–Crippen MR) is 54.9 cm³/mol. The first-order chi connectivity index (χ1) is 6.84. The van der Waals surface area contributed by atoms with E-state index in [1.165, 1.54) is 0 Å². The van der Waals surface area contributed by atoms with E-state index in [-0.39, 0.29) is 0 Å². The molecule has 14 heavy (non-hydrogen) atoms. The minimum absolute atomic E-state index is 0.726. The molecule has 0 spiro atoms. The van der Waals surface area contributed by atoms with Crippen molar-refractivity contribution in [2.45, 2.75) is 0 Å². The van der Waals surface area contributed by atoms with Gasteiger partial charge < -0.3 is 5.73 Å². The van der Waals surface area contributed by atoms with Gasteiger partial charge in [-0.1, -0.05) is 0 Å². The van der Waals surface area contributed by atoms with Crippen molar-refractivity contribution in [2.24, 2.45) is 0 Å². The number of hydrogen-bond acceptors (Lipinski definition) is 3. The van der Waals surface area contributed by atoms with E-state index in [4.69, 9.17) is 5.73 Å². The Kier molecular flexibility index (Phi) is 1.28. The maximum Gasteiger partial charge on any atom is 0.0998 e. The zero-order chi connectivity index (χ0) is 9.54. The van der Waals surface area contributed by atoms with E-state index in [0.717, 1.165) is 22.2 Å². The number of benzene rings is 1. The molecule has 2 heterocycles. The average molecular weight is 184 g/mol. The van der Waals surface area contributed by atoms with E-state index >= 15 is 0 Å². The minimum atomic E-state index is 0.726. The molecule has 0 unspecified atom stereocenters. The summed E-state index contributed by atoms with van der Waals surface area (Å²) in [5.74, 6) is 0. The Bertz CT molecular complexity index is 612. The van der Waals surface area contributed by atoms with E-state index < -0.39 is 0 Å². The van der Waals surface area contributed by atoms with E-state index in [0.29, 0.717) is 0 Å². The van der Waals surface area contributed by atoms with Gasteiger partial charge in [0.1, 0.15) is 0 Å². The maximum absolute atomic E-state index is 5.68. The summed E-state index contributed by atoms with van der Waals surface area (Å²) in [5, 5.41) is 0. The summed E-state index contributed by atoms with van der Waals surface area (Å²) in [6.45, 7) is 0. The van der Waals surface area contributed by atoms with E-state index in [1.54, 1.807) is 18.7 Å². The van der Waals surface area contributed by atoms with Crippen molar-refractivity contribution in [3.8, 4) is 0 Å². The lowest BCUT2D eigenvalue weighted by Gasteiger charge is -2.01. The van der Waals surface area contributed by atoms with Crippen LogP contribution in [0.15, 0.2) is 36.9 Å². The molecule has 3 aromatic rings. The number of fused-ring (bicyclic) bond motifs is 3. The fraction of sp³-hybridized carbons (Fsp3) is 0. The SMILES string of the molecule is Nc1ccc2c(c1)ncc1cncn12. The molecule has 0 radical (unpaired) electrons. The molecule has 0 atom stereocenters. The minimum Gasteiger partial charge on any atom is -0.399 e. The van der Waals surface area contributed by atoms with Crippen LogP contribution in [0.3, 0.4) is 0 Å². The quantitative estimate of drug-likeness (QED) is 0.538. The molecular weight excluding hydrogens is 176 g/mol. The number of anilines is 1. The van der Waals surface area contributed by atoms with Gasteiger partial charge in [0, 0.05) is 5.69 Å². The topological polar surface area (TPSA) is 56.2 Å². The van der Waals surface area contributed by atoms with Crippen LogP contribution in [0.4, 0.5) is 5.69 Å². The first-order valence-electron chi connectivity index (χ1n) is 4.31. The zero-order valence-electron chi connectivity index (χ0n) is 7.38. The van der Waals surface area contributed by atoms with Gasteiger partial charge in [0.2, 0.25) is 0 Å². The van der Waals surface area contributed by atoms with E-state index in [9.17, 15) is 0 Å². The predicted octanol–water partition coefficient (Wildman–Crippen LogP) is 1.46. The van der Waals surface area contributed by atoms with Crippen molar-refractivity contribution >= 4 is 22.2 Å². The van der Waals surface area contributed by atoms with Crippen LogP contribution in [0.5, 0.6) is 0 Å². The van der Waals surface area contributed by atoms with E-state index in [1.807, 2.05) is 22.6 Å². The Morgan fingerprint density at radius 1 is 1.21 bits per heavy atom. The summed E-state index contributed by atoms with van der Waals surface area (Å²) in [4.78, 5) is 8.37. The van der Waals surface area contributed by atoms with Gasteiger partial charge in [0.05, 0.1) is 35.3 Å². The monoisotopic (exact) mass is 184 g/mol. The molecule has 0 aliphatic carbocycles. The molecule has 4 heteroatoms. The summed E-state index contributed by atoms with van der Waals surface area (Å²) in [7, 11) is 0. The van der Waals surface area contributed by atoms with Gasteiger partial charge in [0.15, 0.2) is 0 Å². The fourth-order valence-electron chi connectivity index (χ4n) is 1.59. The molecule has 68 valence electrons. The number of hydrogen-bond donors (Lipinski definition) is 1. The van der Waals surface area contributed by atoms with Crippen molar-refractivity contribution in [1.29, 1.82) is 0 Å². The third-order valence-corrected chi connectivity index (χ3v) is 2.26. The molecule has 2 N–H and O–H groups in total. The first kappa shape index (κ1) is 7.32. The van der Waals surface area contributed by atoms with Gasteiger partial charge in [0.25, 0.3) is 0 Å². The smallest absolute Gasteiger partial charge is 0.0998 e. The molecule has 0 aliphatic rings. The second-order valence-electron chi connectivity index (χ2n) is 3.19. The standard InChI is InChI=1S/C10H8N4/c11-7-1-2-10-9(3-7)13-5-8-4-12-6-14(8)10/h1-6H,11H2. The molecule has 3 rings (SSSR count). The van der Waals surface area contributed by atoms with Gasteiger partial charge in [-0.3, -0.25) is 9.38 Å². The first-order valence-corrected chi connectivity index (χ1v) is 4.31. The molecular formula is C10H8N4. The molecule has 0 saturated heterocycles. The highest BCUT2D eigenvalue weighted by Gasteiger charge is 2.00. The summed E-state index contributed by atoms with van der Waals surface area (Å²) in [5.41, 5.74) is 9.30. The molecule has 0 aliphatic heterocycles. The van der Waals surface area contributed by atoms with Gasteiger partial charge in [-0.2, -0.15) is 0 Å². The van der Waals surface area contributed by atoms with Crippen LogP contribution >= 0.6 is 0 Å². The van der Waals surface area contributed by atoms with Crippen molar-refractivity contribution in [1.82, 2.24) is 14.4 Å². The van der Waals surface area contributed by atoms with E-state index in [2.05, 4.69) is 9.97 Å². The zero-order valence-corrected chi connectivity index (χ0v) is 7.38. The summed E-state index contributed by atoms with van der Waals surface area (Å²) >= 11 is 0. The summed E-state index contributed by atoms with van der Waals surface area (Å²) in [6.07, 6.45) is 5.34. The fourth-order valence-corrected chi connectivity index (χ4v) is 1.59. The lowest BCUT2D eigenvalue weighted by atomic mass is 10.2. The number of nitrogens with zero attached hydrogens (tertiary/aromatic N) is 3. The second-order valence-corrected chi connectivity index (χ2v) is 3.19. The molecule has 4 nitrogen and oxygen atoms in total. The third-order valence-electron chi connectivity index (χ3n) is 2.26. The van der Waals surface area contributed by atoms with Crippen LogP contribution in [0.25, 0.3) is 16.6 Å². The second kappa shape index (κ2) is 2.45. The Morgan fingerprint density at radius 3 is 3.07 bits per heavy atom. The Labute approximate surface area is 80.0 Å². The highest BCUT2D eigenvalue weighted by Crippen LogP contribution is 2.16. The number of rotatable bonds is 0. The Morgan fingerprint density at radius 2 is 2.14 bits per heavy atom. The van der Waals surface area contributed by atoms with Crippen LogP contribution in [0.1, 0.15) is 0 Å². The van der Waals surface area contributed by atoms with Crippen molar-refractivity contribution in [2.75, 3.05) is 5.73 Å². The van der Waals surface area contributed by atoms with Crippen molar-refractivity contribution in [3.63, 3.8) is 0 Å². The molecule has 1 aromatic carbocycles. The average Bonchev–Trinajstić information content (AvgIpc) is 2.65. The number of imidazole rings is 1. The van der Waals surface area contributed by atoms with Crippen molar-refractivity contribution < 1.29 is 0 Å². The van der Waals surface area contributed by atoms with Crippen molar-refractivity contribution in [3.05, 3.63) is 36.9 Å². The molecule has 0 fully saturated rings. The number of nitrogens with two attached hydrogens (primary N) is 1. The summed E-state index contributed by atoms with van der Waals surface area (Å²) < 4.78 is 1.99. The largest absolute Gasteiger partial charge is 0.399 e. The van der Waals surface area contributed by atoms with Crippen LogP contribution in [0.2, 0.25) is 0 Å². The lowest BCUT2D eigenvalue weighted by Crippen LogP contribution is -1.91. The molecule has 2 aromatic heterocycles. The Hall–Kier alpha value is -2.10. The highest BCUT2D eigenvalue weighted by atomic mass is 15.0. The summed E-state index contributed by atoms with van der Waals surface area (Å²) in [6, 6.07) is 5.67. The maximum atomic E-state index is 5.68.